The Morgan fingerprint density at radius 2 is 2.31 bits per heavy atom. The van der Waals surface area contributed by atoms with Crippen LogP contribution in [0.4, 0.5) is 0 Å². The number of aliphatic hydroxyl groups is 1. The van der Waals surface area contributed by atoms with E-state index in [4.69, 9.17) is 5.11 Å². The van der Waals surface area contributed by atoms with Gasteiger partial charge in [-0.25, -0.2) is 4.98 Å². The molecule has 16 heavy (non-hydrogen) atoms. The van der Waals surface area contributed by atoms with E-state index in [-0.39, 0.29) is 0 Å². The Morgan fingerprint density at radius 1 is 1.50 bits per heavy atom. The van der Waals surface area contributed by atoms with E-state index in [2.05, 4.69) is 14.9 Å². The number of rotatable bonds is 4. The van der Waals surface area contributed by atoms with Gasteiger partial charge in [0.1, 0.15) is 5.03 Å². The number of likely N-dealkylation sites (tertiary alicyclic amines) is 1. The fourth-order valence-electron chi connectivity index (χ4n) is 2.05. The lowest BCUT2D eigenvalue weighted by Gasteiger charge is -2.15. The minimum absolute atomic E-state index is 0.298. The second-order valence-electron chi connectivity index (χ2n) is 4.08. The van der Waals surface area contributed by atoms with Gasteiger partial charge >= 0.3 is 0 Å². The van der Waals surface area contributed by atoms with E-state index in [1.807, 2.05) is 6.26 Å². The van der Waals surface area contributed by atoms with Crippen LogP contribution < -0.4 is 0 Å². The van der Waals surface area contributed by atoms with Crippen LogP contribution in [0.1, 0.15) is 12.1 Å². The van der Waals surface area contributed by atoms with Crippen molar-refractivity contribution in [1.82, 2.24) is 14.9 Å². The van der Waals surface area contributed by atoms with Gasteiger partial charge in [0.05, 0.1) is 5.69 Å². The Kier molecular flexibility index (Phi) is 4.15. The predicted molar refractivity (Wildman–Crippen MR) is 64.3 cm³/mol. The molecule has 1 aliphatic heterocycles. The van der Waals surface area contributed by atoms with E-state index in [9.17, 15) is 0 Å². The van der Waals surface area contributed by atoms with Gasteiger partial charge in [-0.2, -0.15) is 0 Å². The zero-order valence-corrected chi connectivity index (χ0v) is 10.3. The van der Waals surface area contributed by atoms with Crippen LogP contribution in [-0.4, -0.2) is 45.9 Å². The van der Waals surface area contributed by atoms with E-state index in [1.54, 1.807) is 24.2 Å². The van der Waals surface area contributed by atoms with Crippen LogP contribution in [0.5, 0.6) is 0 Å². The van der Waals surface area contributed by atoms with Crippen molar-refractivity contribution in [3.05, 3.63) is 18.1 Å². The van der Waals surface area contributed by atoms with E-state index in [1.165, 1.54) is 0 Å². The van der Waals surface area contributed by atoms with E-state index < -0.39 is 0 Å². The molecule has 5 heteroatoms. The van der Waals surface area contributed by atoms with Crippen molar-refractivity contribution in [2.45, 2.75) is 18.0 Å². The number of thioether (sulfide) groups is 1. The van der Waals surface area contributed by atoms with Crippen molar-refractivity contribution in [3.8, 4) is 0 Å². The molecule has 1 aliphatic rings. The lowest BCUT2D eigenvalue weighted by atomic mass is 10.1. The second-order valence-corrected chi connectivity index (χ2v) is 4.88. The van der Waals surface area contributed by atoms with Crippen molar-refractivity contribution in [2.24, 2.45) is 5.92 Å². The van der Waals surface area contributed by atoms with Gasteiger partial charge in [0.15, 0.2) is 0 Å². The molecular weight excluding hydrogens is 222 g/mol. The summed E-state index contributed by atoms with van der Waals surface area (Å²) in [5, 5.41) is 10.1. The van der Waals surface area contributed by atoms with Crippen molar-refractivity contribution in [1.29, 1.82) is 0 Å². The summed E-state index contributed by atoms with van der Waals surface area (Å²) in [7, 11) is 0. The minimum atomic E-state index is 0.298. The molecule has 2 rings (SSSR count). The molecule has 1 aromatic heterocycles. The molecule has 0 saturated carbocycles. The summed E-state index contributed by atoms with van der Waals surface area (Å²) in [6, 6.07) is 0. The standard InChI is InChI=1S/C11H17N3OS/c1-16-11-10(12-3-4-13-11)7-14-5-2-9(6-14)8-15/h3-4,9,15H,2,5-8H2,1H3. The SMILES string of the molecule is CSc1nccnc1CN1CCC(CO)C1. The molecule has 88 valence electrons. The maximum absolute atomic E-state index is 9.09. The number of nitrogens with zero attached hydrogens (tertiary/aromatic N) is 3. The lowest BCUT2D eigenvalue weighted by Crippen LogP contribution is -2.22. The number of aliphatic hydroxyl groups excluding tert-OH is 1. The smallest absolute Gasteiger partial charge is 0.119 e. The summed E-state index contributed by atoms with van der Waals surface area (Å²) in [4.78, 5) is 11.0. The lowest BCUT2D eigenvalue weighted by molar-refractivity contribution is 0.219. The molecule has 0 spiro atoms. The van der Waals surface area contributed by atoms with Crippen LogP contribution >= 0.6 is 11.8 Å². The fraction of sp³-hybridized carbons (Fsp3) is 0.636. The van der Waals surface area contributed by atoms with Gasteiger partial charge in [-0.05, 0) is 25.1 Å². The number of aromatic nitrogens is 2. The Bertz CT molecular complexity index is 348. The first-order valence-electron chi connectivity index (χ1n) is 5.50. The Morgan fingerprint density at radius 3 is 3.00 bits per heavy atom. The van der Waals surface area contributed by atoms with Gasteiger partial charge < -0.3 is 5.11 Å². The zero-order valence-electron chi connectivity index (χ0n) is 9.46. The minimum Gasteiger partial charge on any atom is -0.396 e. The average Bonchev–Trinajstić information content (AvgIpc) is 2.77. The summed E-state index contributed by atoms with van der Waals surface area (Å²) in [5.41, 5.74) is 1.05. The van der Waals surface area contributed by atoms with E-state index in [0.717, 1.165) is 36.8 Å². The van der Waals surface area contributed by atoms with Crippen LogP contribution in [0.25, 0.3) is 0 Å². The molecule has 1 N–H and O–H groups in total. The summed E-state index contributed by atoms with van der Waals surface area (Å²) in [6.45, 7) is 3.17. The Hall–Kier alpha value is -0.650. The highest BCUT2D eigenvalue weighted by Gasteiger charge is 2.22. The number of hydrogen-bond acceptors (Lipinski definition) is 5. The van der Waals surface area contributed by atoms with Crippen molar-refractivity contribution in [3.63, 3.8) is 0 Å². The third-order valence-corrected chi connectivity index (χ3v) is 3.66. The highest BCUT2D eigenvalue weighted by atomic mass is 32.2. The van der Waals surface area contributed by atoms with Gasteiger partial charge in [-0.1, -0.05) is 0 Å². The second kappa shape index (κ2) is 5.61. The van der Waals surface area contributed by atoms with Crippen LogP contribution in [0.15, 0.2) is 17.4 Å². The molecular formula is C11H17N3OS. The monoisotopic (exact) mass is 239 g/mol. The molecule has 1 aromatic rings. The van der Waals surface area contributed by atoms with Gasteiger partial charge in [0.25, 0.3) is 0 Å². The molecule has 1 saturated heterocycles. The maximum atomic E-state index is 9.09. The van der Waals surface area contributed by atoms with Gasteiger partial charge in [-0.15, -0.1) is 11.8 Å². The molecule has 2 heterocycles. The Labute approximate surface area is 100 Å². The van der Waals surface area contributed by atoms with E-state index >= 15 is 0 Å². The molecule has 1 unspecified atom stereocenters. The average molecular weight is 239 g/mol. The van der Waals surface area contributed by atoms with Gasteiger partial charge in [0.2, 0.25) is 0 Å². The highest BCUT2D eigenvalue weighted by Crippen LogP contribution is 2.21. The predicted octanol–water partition coefficient (Wildman–Crippen LogP) is 1.01. The first-order valence-corrected chi connectivity index (χ1v) is 6.73. The van der Waals surface area contributed by atoms with Crippen LogP contribution in [0.2, 0.25) is 0 Å². The third-order valence-electron chi connectivity index (χ3n) is 2.93. The molecule has 1 atom stereocenters. The van der Waals surface area contributed by atoms with Crippen molar-refractivity contribution < 1.29 is 5.11 Å². The molecule has 1 fully saturated rings. The molecule has 0 bridgehead atoms. The topological polar surface area (TPSA) is 49.2 Å². The Balaban J connectivity index is 1.99. The number of hydrogen-bond donors (Lipinski definition) is 1. The van der Waals surface area contributed by atoms with Crippen molar-refractivity contribution >= 4 is 11.8 Å². The third kappa shape index (κ3) is 2.72. The fourth-order valence-corrected chi connectivity index (χ4v) is 2.57. The maximum Gasteiger partial charge on any atom is 0.119 e. The largest absolute Gasteiger partial charge is 0.396 e. The zero-order chi connectivity index (χ0) is 11.4. The van der Waals surface area contributed by atoms with Gasteiger partial charge in [0, 0.05) is 32.1 Å². The summed E-state index contributed by atoms with van der Waals surface area (Å²) in [5.74, 6) is 0.439. The molecule has 0 amide bonds. The quantitative estimate of drug-likeness (QED) is 0.795. The molecule has 0 aromatic carbocycles. The summed E-state index contributed by atoms with van der Waals surface area (Å²) >= 11 is 1.64. The van der Waals surface area contributed by atoms with Crippen molar-refractivity contribution in [2.75, 3.05) is 26.0 Å². The molecule has 0 aliphatic carbocycles. The molecule has 4 nitrogen and oxygen atoms in total. The van der Waals surface area contributed by atoms with Gasteiger partial charge in [-0.3, -0.25) is 9.88 Å². The summed E-state index contributed by atoms with van der Waals surface area (Å²) < 4.78 is 0. The van der Waals surface area contributed by atoms with Crippen LogP contribution in [0.3, 0.4) is 0 Å². The van der Waals surface area contributed by atoms with Crippen LogP contribution in [-0.2, 0) is 6.54 Å². The summed E-state index contributed by atoms with van der Waals surface area (Å²) in [6.07, 6.45) is 6.59. The van der Waals surface area contributed by atoms with Crippen LogP contribution in [0, 0.1) is 5.92 Å². The molecule has 0 radical (unpaired) electrons. The highest BCUT2D eigenvalue weighted by molar-refractivity contribution is 7.98. The van der Waals surface area contributed by atoms with E-state index in [0.29, 0.717) is 12.5 Å². The first kappa shape index (κ1) is 11.8. The first-order chi connectivity index (χ1) is 7.83. The normalized spacial score (nSPS) is 21.5.